The van der Waals surface area contributed by atoms with Crippen LogP contribution in [-0.2, 0) is 9.53 Å². The van der Waals surface area contributed by atoms with Gasteiger partial charge in [0.25, 0.3) is 0 Å². The van der Waals surface area contributed by atoms with Crippen LogP contribution in [0.5, 0.6) is 0 Å². The Hall–Kier alpha value is -0.890. The van der Waals surface area contributed by atoms with Crippen molar-refractivity contribution in [1.82, 2.24) is 0 Å². The van der Waals surface area contributed by atoms with Crippen LogP contribution in [0, 0.1) is 5.41 Å². The third kappa shape index (κ3) is 3.05. The maximum absolute atomic E-state index is 11.0. The first kappa shape index (κ1) is 13.2. The van der Waals surface area contributed by atoms with Crippen LogP contribution in [0.3, 0.4) is 0 Å². The predicted molar refractivity (Wildman–Crippen MR) is 66.3 cm³/mol. The quantitative estimate of drug-likeness (QED) is 0.685. The summed E-state index contributed by atoms with van der Waals surface area (Å²) in [7, 11) is 1.77. The third-order valence-electron chi connectivity index (χ3n) is 3.28. The summed E-state index contributed by atoms with van der Waals surface area (Å²) in [5.74, 6) is 0.102. The van der Waals surface area contributed by atoms with E-state index in [0.29, 0.717) is 6.10 Å². The average Bonchev–Trinajstić information content (AvgIpc) is 2.14. The van der Waals surface area contributed by atoms with Gasteiger partial charge in [0, 0.05) is 7.11 Å². The predicted octanol–water partition coefficient (Wildman–Crippen LogP) is 3.28. The minimum atomic E-state index is 0.0922. The molecule has 0 saturated carbocycles. The van der Waals surface area contributed by atoms with E-state index in [1.54, 1.807) is 20.1 Å². The highest BCUT2D eigenvalue weighted by atomic mass is 16.5. The molecule has 0 aromatic carbocycles. The monoisotopic (exact) mass is 222 g/mol. The molecular weight excluding hydrogens is 200 g/mol. The van der Waals surface area contributed by atoms with Crippen LogP contribution in [0.1, 0.15) is 40.5 Å². The van der Waals surface area contributed by atoms with Crippen molar-refractivity contribution in [3.63, 3.8) is 0 Å². The van der Waals surface area contributed by atoms with Gasteiger partial charge in [-0.3, -0.25) is 4.79 Å². The molecule has 0 fully saturated rings. The topological polar surface area (TPSA) is 26.3 Å². The van der Waals surface area contributed by atoms with E-state index in [9.17, 15) is 4.79 Å². The van der Waals surface area contributed by atoms with Crippen molar-refractivity contribution in [2.45, 2.75) is 46.6 Å². The molecule has 0 radical (unpaired) electrons. The van der Waals surface area contributed by atoms with E-state index in [1.807, 2.05) is 6.08 Å². The molecule has 90 valence electrons. The van der Waals surface area contributed by atoms with Crippen LogP contribution in [0.15, 0.2) is 23.3 Å². The summed E-state index contributed by atoms with van der Waals surface area (Å²) in [4.78, 5) is 11.0. The number of hydrogen-bond donors (Lipinski definition) is 0. The average molecular weight is 222 g/mol. The molecule has 0 aromatic heterocycles. The van der Waals surface area contributed by atoms with Crippen molar-refractivity contribution >= 4 is 5.78 Å². The van der Waals surface area contributed by atoms with Crippen molar-refractivity contribution in [3.8, 4) is 0 Å². The van der Waals surface area contributed by atoms with Crippen LogP contribution in [0.2, 0.25) is 0 Å². The molecule has 1 unspecified atom stereocenters. The van der Waals surface area contributed by atoms with Gasteiger partial charge in [-0.1, -0.05) is 25.5 Å². The number of ketones is 1. The van der Waals surface area contributed by atoms with Crippen molar-refractivity contribution in [1.29, 1.82) is 0 Å². The minimum Gasteiger partial charge on any atom is -0.381 e. The zero-order valence-electron chi connectivity index (χ0n) is 11.0. The zero-order valence-corrected chi connectivity index (χ0v) is 11.0. The molecule has 1 aliphatic carbocycles. The van der Waals surface area contributed by atoms with Gasteiger partial charge in [0.15, 0.2) is 5.78 Å². The van der Waals surface area contributed by atoms with Gasteiger partial charge >= 0.3 is 0 Å². The van der Waals surface area contributed by atoms with Gasteiger partial charge in [-0.2, -0.15) is 0 Å². The Balaban J connectivity index is 2.99. The highest BCUT2D eigenvalue weighted by Crippen LogP contribution is 2.41. The van der Waals surface area contributed by atoms with E-state index < -0.39 is 0 Å². The lowest BCUT2D eigenvalue weighted by Gasteiger charge is -2.37. The Bertz CT molecular complexity index is 335. The fraction of sp³-hybridized carbons (Fsp3) is 0.643. The fourth-order valence-electron chi connectivity index (χ4n) is 2.52. The molecular formula is C14H22O2. The third-order valence-corrected chi connectivity index (χ3v) is 3.28. The fourth-order valence-corrected chi connectivity index (χ4v) is 2.52. The maximum atomic E-state index is 11.0. The summed E-state index contributed by atoms with van der Waals surface area (Å²) in [6, 6.07) is 0. The largest absolute Gasteiger partial charge is 0.381 e. The molecule has 0 aromatic rings. The molecule has 0 bridgehead atoms. The molecule has 0 aliphatic heterocycles. The molecule has 0 amide bonds. The Morgan fingerprint density at radius 2 is 2.12 bits per heavy atom. The number of allylic oxidation sites excluding steroid dienone is 3. The maximum Gasteiger partial charge on any atom is 0.152 e. The first-order valence-electron chi connectivity index (χ1n) is 5.78. The van der Waals surface area contributed by atoms with Gasteiger partial charge in [0.05, 0.1) is 6.10 Å². The molecule has 2 heteroatoms. The molecule has 1 atom stereocenters. The smallest absolute Gasteiger partial charge is 0.152 e. The van der Waals surface area contributed by atoms with E-state index in [0.717, 1.165) is 12.8 Å². The van der Waals surface area contributed by atoms with Crippen LogP contribution in [0.25, 0.3) is 0 Å². The summed E-state index contributed by atoms with van der Waals surface area (Å²) < 4.78 is 5.45. The second-order valence-electron chi connectivity index (χ2n) is 5.29. The van der Waals surface area contributed by atoms with E-state index in [2.05, 4.69) is 20.8 Å². The molecule has 0 saturated heterocycles. The number of carbonyl (C=O) groups excluding carboxylic acids is 1. The van der Waals surface area contributed by atoms with E-state index in [1.165, 1.54) is 11.1 Å². The second kappa shape index (κ2) is 4.96. The van der Waals surface area contributed by atoms with Gasteiger partial charge in [-0.05, 0) is 43.8 Å². The van der Waals surface area contributed by atoms with Gasteiger partial charge in [-0.15, -0.1) is 0 Å². The summed E-state index contributed by atoms with van der Waals surface area (Å²) in [5.41, 5.74) is 2.71. The zero-order chi connectivity index (χ0) is 12.3. The van der Waals surface area contributed by atoms with E-state index in [-0.39, 0.29) is 11.2 Å². The lowest BCUT2D eigenvalue weighted by Crippen LogP contribution is -2.29. The number of carbonyl (C=O) groups is 1. The SMILES string of the molecule is COC1CC(C)=C(/C=C/C(C)=O)C(C)(C)C1. The van der Waals surface area contributed by atoms with Crippen LogP contribution in [-0.4, -0.2) is 19.0 Å². The molecule has 1 aliphatic rings. The van der Waals surface area contributed by atoms with Crippen LogP contribution >= 0.6 is 0 Å². The highest BCUT2D eigenvalue weighted by Gasteiger charge is 2.32. The van der Waals surface area contributed by atoms with Crippen molar-refractivity contribution < 1.29 is 9.53 Å². The Kier molecular flexibility index (Phi) is 4.09. The van der Waals surface area contributed by atoms with Crippen molar-refractivity contribution in [2.24, 2.45) is 5.41 Å². The van der Waals surface area contributed by atoms with Crippen LogP contribution < -0.4 is 0 Å². The molecule has 0 spiro atoms. The molecule has 0 heterocycles. The van der Waals surface area contributed by atoms with Gasteiger partial charge < -0.3 is 4.74 Å². The van der Waals surface area contributed by atoms with Crippen molar-refractivity contribution in [2.75, 3.05) is 7.11 Å². The highest BCUT2D eigenvalue weighted by molar-refractivity contribution is 5.87. The first-order valence-corrected chi connectivity index (χ1v) is 5.78. The van der Waals surface area contributed by atoms with Crippen LogP contribution in [0.4, 0.5) is 0 Å². The van der Waals surface area contributed by atoms with Crippen molar-refractivity contribution in [3.05, 3.63) is 23.3 Å². The first-order chi connectivity index (χ1) is 7.36. The minimum absolute atomic E-state index is 0.0922. The molecule has 1 rings (SSSR count). The summed E-state index contributed by atoms with van der Waals surface area (Å²) in [6.45, 7) is 8.13. The van der Waals surface area contributed by atoms with E-state index in [4.69, 9.17) is 4.74 Å². The summed E-state index contributed by atoms with van der Waals surface area (Å²) in [5, 5.41) is 0. The number of methoxy groups -OCH3 is 1. The van der Waals surface area contributed by atoms with E-state index >= 15 is 0 Å². The molecule has 0 N–H and O–H groups in total. The summed E-state index contributed by atoms with van der Waals surface area (Å²) >= 11 is 0. The molecule has 16 heavy (non-hydrogen) atoms. The second-order valence-corrected chi connectivity index (χ2v) is 5.29. The summed E-state index contributed by atoms with van der Waals surface area (Å²) in [6.07, 6.45) is 5.93. The number of rotatable bonds is 3. The van der Waals surface area contributed by atoms with Gasteiger partial charge in [0.2, 0.25) is 0 Å². The van der Waals surface area contributed by atoms with Gasteiger partial charge in [0.1, 0.15) is 0 Å². The lowest BCUT2D eigenvalue weighted by molar-refractivity contribution is -0.112. The normalized spacial score (nSPS) is 25.2. The van der Waals surface area contributed by atoms with Gasteiger partial charge in [-0.25, -0.2) is 0 Å². The Morgan fingerprint density at radius 1 is 1.50 bits per heavy atom. The lowest BCUT2D eigenvalue weighted by atomic mass is 9.71. The number of ether oxygens (including phenoxy) is 1. The Morgan fingerprint density at radius 3 is 2.56 bits per heavy atom. The Labute approximate surface area is 98.4 Å². The number of hydrogen-bond acceptors (Lipinski definition) is 2. The molecule has 2 nitrogen and oxygen atoms in total. The standard InChI is InChI=1S/C14H22O2/c1-10-8-12(16-5)9-14(3,4)13(10)7-6-11(2)15/h6-7,12H,8-9H2,1-5H3/b7-6+.